The Hall–Kier alpha value is -2.68. The van der Waals surface area contributed by atoms with Gasteiger partial charge in [-0.2, -0.15) is 0 Å². The summed E-state index contributed by atoms with van der Waals surface area (Å²) in [6.07, 6.45) is 1.99. The number of thiophene rings is 1. The predicted octanol–water partition coefficient (Wildman–Crippen LogP) is 5.58. The standard InChI is InChI=1S/C20H15N3O2S3/c1-26-20-23-15-8-7-14(11-17(15)28-20)21-18(24)12-4-2-5-13(10-12)22-19(25)16-6-3-9-27-16/h2-11H,1H3,(H,21,24)(H,22,25). The number of carbonyl (C=O) groups is 2. The second kappa shape index (κ2) is 8.14. The monoisotopic (exact) mass is 425 g/mol. The van der Waals surface area contributed by atoms with Crippen molar-refractivity contribution in [3.05, 3.63) is 70.4 Å². The number of hydrogen-bond acceptors (Lipinski definition) is 6. The van der Waals surface area contributed by atoms with E-state index in [2.05, 4.69) is 15.6 Å². The third-order valence-corrected chi connectivity index (χ3v) is 6.80. The largest absolute Gasteiger partial charge is 0.322 e. The van der Waals surface area contributed by atoms with Gasteiger partial charge in [0.05, 0.1) is 15.1 Å². The van der Waals surface area contributed by atoms with Crippen LogP contribution in [0.25, 0.3) is 10.2 Å². The number of hydrogen-bond donors (Lipinski definition) is 2. The first-order valence-corrected chi connectivity index (χ1v) is 11.3. The molecule has 0 aliphatic heterocycles. The van der Waals surface area contributed by atoms with Crippen LogP contribution >= 0.6 is 34.4 Å². The Morgan fingerprint density at radius 3 is 2.57 bits per heavy atom. The normalized spacial score (nSPS) is 10.8. The van der Waals surface area contributed by atoms with Gasteiger partial charge in [-0.1, -0.05) is 23.9 Å². The van der Waals surface area contributed by atoms with Gasteiger partial charge in [0.1, 0.15) is 0 Å². The minimum Gasteiger partial charge on any atom is -0.322 e. The van der Waals surface area contributed by atoms with Crippen LogP contribution in [0.5, 0.6) is 0 Å². The number of thioether (sulfide) groups is 1. The third-order valence-electron chi connectivity index (χ3n) is 3.93. The fourth-order valence-corrected chi connectivity index (χ4v) is 4.76. The maximum atomic E-state index is 12.6. The number of amides is 2. The van der Waals surface area contributed by atoms with Crippen molar-refractivity contribution in [2.75, 3.05) is 16.9 Å². The van der Waals surface area contributed by atoms with Crippen molar-refractivity contribution < 1.29 is 9.59 Å². The lowest BCUT2D eigenvalue weighted by Crippen LogP contribution is -2.14. The molecule has 0 aliphatic rings. The van der Waals surface area contributed by atoms with Crippen LogP contribution in [-0.4, -0.2) is 23.1 Å². The van der Waals surface area contributed by atoms with E-state index >= 15 is 0 Å². The van der Waals surface area contributed by atoms with Gasteiger partial charge in [0.15, 0.2) is 4.34 Å². The molecule has 0 radical (unpaired) electrons. The lowest BCUT2D eigenvalue weighted by Gasteiger charge is -2.08. The second-order valence-electron chi connectivity index (χ2n) is 5.83. The van der Waals surface area contributed by atoms with Gasteiger partial charge in [0, 0.05) is 16.9 Å². The highest BCUT2D eigenvalue weighted by molar-refractivity contribution is 8.00. The van der Waals surface area contributed by atoms with Crippen molar-refractivity contribution in [1.82, 2.24) is 4.98 Å². The van der Waals surface area contributed by atoms with E-state index < -0.39 is 0 Å². The predicted molar refractivity (Wildman–Crippen MR) is 118 cm³/mol. The number of nitrogens with zero attached hydrogens (tertiary/aromatic N) is 1. The Morgan fingerprint density at radius 1 is 0.964 bits per heavy atom. The summed E-state index contributed by atoms with van der Waals surface area (Å²) in [6, 6.07) is 16.1. The molecule has 28 heavy (non-hydrogen) atoms. The summed E-state index contributed by atoms with van der Waals surface area (Å²) in [5, 5.41) is 7.58. The quantitative estimate of drug-likeness (QED) is 0.409. The zero-order valence-electron chi connectivity index (χ0n) is 14.8. The summed E-state index contributed by atoms with van der Waals surface area (Å²) in [7, 11) is 0. The Balaban J connectivity index is 1.49. The molecule has 2 heterocycles. The molecule has 0 bridgehead atoms. The molecule has 4 rings (SSSR count). The molecular formula is C20H15N3O2S3. The summed E-state index contributed by atoms with van der Waals surface area (Å²) in [5.74, 6) is -0.422. The zero-order valence-corrected chi connectivity index (χ0v) is 17.2. The first kappa shape index (κ1) is 18.7. The third kappa shape index (κ3) is 4.09. The van der Waals surface area contributed by atoms with Crippen LogP contribution in [0.3, 0.4) is 0 Å². The van der Waals surface area contributed by atoms with Gasteiger partial charge in [0.25, 0.3) is 11.8 Å². The van der Waals surface area contributed by atoms with Crippen LogP contribution in [0, 0.1) is 0 Å². The SMILES string of the molecule is CSc1nc2ccc(NC(=O)c3cccc(NC(=O)c4cccs4)c3)cc2s1. The molecule has 2 amide bonds. The van der Waals surface area contributed by atoms with E-state index in [-0.39, 0.29) is 11.8 Å². The summed E-state index contributed by atoms with van der Waals surface area (Å²) in [6.45, 7) is 0. The molecule has 0 fully saturated rings. The molecule has 2 aromatic carbocycles. The summed E-state index contributed by atoms with van der Waals surface area (Å²) >= 11 is 4.57. The van der Waals surface area contributed by atoms with Crippen molar-refractivity contribution in [2.45, 2.75) is 4.34 Å². The molecule has 0 atom stereocenters. The molecule has 8 heteroatoms. The van der Waals surface area contributed by atoms with E-state index in [4.69, 9.17) is 0 Å². The second-order valence-corrected chi connectivity index (χ2v) is 8.86. The fourth-order valence-electron chi connectivity index (χ4n) is 2.61. The first-order valence-electron chi connectivity index (χ1n) is 8.33. The first-order chi connectivity index (χ1) is 13.6. The molecule has 0 spiro atoms. The van der Waals surface area contributed by atoms with Crippen LogP contribution in [0.15, 0.2) is 64.3 Å². The molecule has 0 unspecified atom stereocenters. The highest BCUT2D eigenvalue weighted by atomic mass is 32.2. The van der Waals surface area contributed by atoms with Crippen LogP contribution in [0.1, 0.15) is 20.0 Å². The van der Waals surface area contributed by atoms with Gasteiger partial charge >= 0.3 is 0 Å². The Bertz CT molecular complexity index is 1150. The van der Waals surface area contributed by atoms with Crippen LogP contribution in [-0.2, 0) is 0 Å². The van der Waals surface area contributed by atoms with E-state index in [1.807, 2.05) is 35.9 Å². The lowest BCUT2D eigenvalue weighted by molar-refractivity contribution is 0.101. The molecule has 4 aromatic rings. The minimum atomic E-state index is -0.235. The lowest BCUT2D eigenvalue weighted by atomic mass is 10.1. The Morgan fingerprint density at radius 2 is 1.79 bits per heavy atom. The van der Waals surface area contributed by atoms with Crippen molar-refractivity contribution in [3.63, 3.8) is 0 Å². The zero-order chi connectivity index (χ0) is 19.5. The number of fused-ring (bicyclic) bond motifs is 1. The van der Waals surface area contributed by atoms with Crippen molar-refractivity contribution in [2.24, 2.45) is 0 Å². The van der Waals surface area contributed by atoms with Gasteiger partial charge in [-0.3, -0.25) is 9.59 Å². The molecule has 0 aliphatic carbocycles. The summed E-state index contributed by atoms with van der Waals surface area (Å²) in [5.41, 5.74) is 2.68. The Labute approximate surface area is 173 Å². The van der Waals surface area contributed by atoms with E-state index in [9.17, 15) is 9.59 Å². The molecule has 2 aromatic heterocycles. The van der Waals surface area contributed by atoms with Gasteiger partial charge in [-0.15, -0.1) is 22.7 Å². The van der Waals surface area contributed by atoms with Crippen molar-refractivity contribution in [3.8, 4) is 0 Å². The number of carbonyl (C=O) groups excluding carboxylic acids is 2. The maximum absolute atomic E-state index is 12.6. The van der Waals surface area contributed by atoms with Gasteiger partial charge in [-0.05, 0) is 54.1 Å². The van der Waals surface area contributed by atoms with E-state index in [0.29, 0.717) is 21.8 Å². The molecule has 0 saturated heterocycles. The van der Waals surface area contributed by atoms with Gasteiger partial charge in [0.2, 0.25) is 0 Å². The molecule has 5 nitrogen and oxygen atoms in total. The number of nitrogens with one attached hydrogen (secondary N) is 2. The van der Waals surface area contributed by atoms with E-state index in [1.165, 1.54) is 11.3 Å². The minimum absolute atomic E-state index is 0.187. The van der Waals surface area contributed by atoms with E-state index in [0.717, 1.165) is 14.6 Å². The Kier molecular flexibility index (Phi) is 5.43. The van der Waals surface area contributed by atoms with Crippen molar-refractivity contribution in [1.29, 1.82) is 0 Å². The number of benzene rings is 2. The molecular weight excluding hydrogens is 410 g/mol. The average molecular weight is 426 g/mol. The summed E-state index contributed by atoms with van der Waals surface area (Å²) in [4.78, 5) is 30.0. The van der Waals surface area contributed by atoms with Crippen LogP contribution in [0.4, 0.5) is 11.4 Å². The number of anilines is 2. The highest BCUT2D eigenvalue weighted by Gasteiger charge is 2.11. The molecule has 140 valence electrons. The molecule has 0 saturated carbocycles. The van der Waals surface area contributed by atoms with E-state index in [1.54, 1.807) is 53.4 Å². The topological polar surface area (TPSA) is 71.1 Å². The van der Waals surface area contributed by atoms with Gasteiger partial charge < -0.3 is 10.6 Å². The van der Waals surface area contributed by atoms with Crippen LogP contribution < -0.4 is 10.6 Å². The average Bonchev–Trinajstić information content (AvgIpc) is 3.37. The summed E-state index contributed by atoms with van der Waals surface area (Å²) < 4.78 is 2.02. The number of thiazole rings is 1. The van der Waals surface area contributed by atoms with Gasteiger partial charge in [-0.25, -0.2) is 4.98 Å². The number of rotatable bonds is 5. The maximum Gasteiger partial charge on any atom is 0.265 e. The van der Waals surface area contributed by atoms with Crippen LogP contribution in [0.2, 0.25) is 0 Å². The fraction of sp³-hybridized carbons (Fsp3) is 0.0500. The smallest absolute Gasteiger partial charge is 0.265 e. The number of aromatic nitrogens is 1. The molecule has 2 N–H and O–H groups in total. The van der Waals surface area contributed by atoms with Crippen molar-refractivity contribution >= 4 is 67.8 Å². The highest BCUT2D eigenvalue weighted by Crippen LogP contribution is 2.30.